The van der Waals surface area contributed by atoms with Crippen LogP contribution in [0.15, 0.2) is 35.4 Å². The van der Waals surface area contributed by atoms with Crippen molar-refractivity contribution in [1.82, 2.24) is 24.5 Å². The molecule has 10 heteroatoms. The molecule has 0 aliphatic carbocycles. The average molecular weight is 463 g/mol. The lowest BCUT2D eigenvalue weighted by atomic mass is 9.87. The average Bonchev–Trinajstić information content (AvgIpc) is 3.20. The van der Waals surface area contributed by atoms with Crippen LogP contribution in [-0.4, -0.2) is 64.3 Å². The van der Waals surface area contributed by atoms with E-state index in [0.717, 1.165) is 41.9 Å². The van der Waals surface area contributed by atoms with E-state index in [9.17, 15) is 8.42 Å². The molecule has 2 unspecified atom stereocenters. The van der Waals surface area contributed by atoms with Crippen LogP contribution < -0.4 is 5.32 Å². The van der Waals surface area contributed by atoms with E-state index < -0.39 is 10.0 Å². The number of piperidine rings is 1. The fourth-order valence-electron chi connectivity index (χ4n) is 5.20. The monoisotopic (exact) mass is 462 g/mol. The van der Waals surface area contributed by atoms with Crippen molar-refractivity contribution in [2.75, 3.05) is 19.3 Å². The summed E-state index contributed by atoms with van der Waals surface area (Å²) in [5.74, 6) is 0.233. The minimum absolute atomic E-state index is 0.0609. The molecule has 1 N–H and O–H groups in total. The van der Waals surface area contributed by atoms with Gasteiger partial charge in [0.15, 0.2) is 0 Å². The number of halogens is 1. The lowest BCUT2D eigenvalue weighted by Gasteiger charge is -2.42. The van der Waals surface area contributed by atoms with Crippen molar-refractivity contribution < 1.29 is 8.42 Å². The highest BCUT2D eigenvalue weighted by atomic mass is 35.5. The molecule has 0 amide bonds. The third kappa shape index (κ3) is 3.87. The number of sulfonamides is 1. The highest BCUT2D eigenvalue weighted by Gasteiger charge is 2.38. The summed E-state index contributed by atoms with van der Waals surface area (Å²) in [5.41, 5.74) is 4.34. The summed E-state index contributed by atoms with van der Waals surface area (Å²) < 4.78 is 25.8. The van der Waals surface area contributed by atoms with Gasteiger partial charge in [0.25, 0.3) is 0 Å². The molecule has 8 nitrogen and oxygen atoms in total. The van der Waals surface area contributed by atoms with E-state index >= 15 is 0 Å². The zero-order valence-corrected chi connectivity index (χ0v) is 19.3. The van der Waals surface area contributed by atoms with Crippen LogP contribution in [0.5, 0.6) is 0 Å². The van der Waals surface area contributed by atoms with Crippen LogP contribution in [-0.2, 0) is 23.0 Å². The number of aliphatic imine (C=N–C) groups is 1. The number of hydrogen-bond donors (Lipinski definition) is 1. The second-order valence-corrected chi connectivity index (χ2v) is 11.2. The maximum atomic E-state index is 12.1. The van der Waals surface area contributed by atoms with E-state index in [-0.39, 0.29) is 24.0 Å². The summed E-state index contributed by atoms with van der Waals surface area (Å²) in [5, 5.41) is 3.77. The first-order chi connectivity index (χ1) is 14.8. The molecule has 4 aliphatic rings. The van der Waals surface area contributed by atoms with E-state index in [4.69, 9.17) is 11.6 Å². The normalized spacial score (nSPS) is 30.9. The predicted molar refractivity (Wildman–Crippen MR) is 120 cm³/mol. The van der Waals surface area contributed by atoms with Gasteiger partial charge in [0.05, 0.1) is 23.6 Å². The lowest BCUT2D eigenvalue weighted by molar-refractivity contribution is 0.209. The van der Waals surface area contributed by atoms with Crippen LogP contribution in [0.4, 0.5) is 0 Å². The molecule has 1 aromatic heterocycles. The van der Waals surface area contributed by atoms with Crippen molar-refractivity contribution in [3.8, 4) is 0 Å². The molecular weight excluding hydrogens is 436 g/mol. The highest BCUT2D eigenvalue weighted by Crippen LogP contribution is 2.37. The number of allylic oxidation sites excluding steroid dienone is 1. The van der Waals surface area contributed by atoms with Crippen molar-refractivity contribution in [2.24, 2.45) is 10.9 Å². The number of dihydropyridines is 1. The minimum atomic E-state index is -3.21. The fourth-order valence-corrected chi connectivity index (χ4v) is 6.33. The number of nitrogens with one attached hydrogen (secondary N) is 1. The number of aromatic nitrogens is 2. The van der Waals surface area contributed by atoms with Crippen molar-refractivity contribution in [3.05, 3.63) is 47.3 Å². The Labute approximate surface area is 188 Å². The van der Waals surface area contributed by atoms with Crippen LogP contribution in [0.25, 0.3) is 0 Å². The topological polar surface area (TPSA) is 90.8 Å². The molecule has 0 bridgehead atoms. The van der Waals surface area contributed by atoms with Crippen LogP contribution in [0.3, 0.4) is 0 Å². The third-order valence-corrected chi connectivity index (χ3v) is 8.25. The summed E-state index contributed by atoms with van der Waals surface area (Å²) in [6, 6.07) is 0.262. The Kier molecular flexibility index (Phi) is 5.30. The van der Waals surface area contributed by atoms with Gasteiger partial charge < -0.3 is 10.2 Å². The van der Waals surface area contributed by atoms with Crippen molar-refractivity contribution in [2.45, 2.75) is 50.9 Å². The standard InChI is InChI=1S/C21H27ClN6O2S/c1-13-8-17-16(11-28(13)18-9-19(22)26-21-15(18)5-6-23-21)20(25-12-24-17)14-4-3-7-27(10-14)31(2,29)30/h5-6,9,12-15,21,23H,3-4,7-8,10-11H2,1-2H3/t13-,14?,15?,21+/m1/s1. The first-order valence-corrected chi connectivity index (χ1v) is 13.0. The van der Waals surface area contributed by atoms with Gasteiger partial charge in [-0.1, -0.05) is 17.7 Å². The molecule has 0 spiro atoms. The zero-order valence-electron chi connectivity index (χ0n) is 17.7. The molecule has 31 heavy (non-hydrogen) atoms. The zero-order chi connectivity index (χ0) is 21.8. The smallest absolute Gasteiger partial charge is 0.211 e. The summed E-state index contributed by atoms with van der Waals surface area (Å²) in [6.07, 6.45) is 11.5. The molecule has 1 aromatic rings. The van der Waals surface area contributed by atoms with Gasteiger partial charge in [0, 0.05) is 49.3 Å². The van der Waals surface area contributed by atoms with E-state index in [2.05, 4.69) is 38.2 Å². The van der Waals surface area contributed by atoms with E-state index in [1.807, 2.05) is 12.3 Å². The van der Waals surface area contributed by atoms with Gasteiger partial charge in [0.2, 0.25) is 10.0 Å². The van der Waals surface area contributed by atoms with Gasteiger partial charge in [0.1, 0.15) is 17.7 Å². The Morgan fingerprint density at radius 3 is 2.94 bits per heavy atom. The molecule has 4 atom stereocenters. The largest absolute Gasteiger partial charge is 0.369 e. The summed E-state index contributed by atoms with van der Waals surface area (Å²) >= 11 is 6.35. The maximum absolute atomic E-state index is 12.1. The van der Waals surface area contributed by atoms with Crippen molar-refractivity contribution in [3.63, 3.8) is 0 Å². The summed E-state index contributed by atoms with van der Waals surface area (Å²) in [7, 11) is -3.21. The van der Waals surface area contributed by atoms with Crippen molar-refractivity contribution >= 4 is 26.8 Å². The van der Waals surface area contributed by atoms with Crippen LogP contribution >= 0.6 is 11.6 Å². The van der Waals surface area contributed by atoms with Crippen LogP contribution in [0, 0.1) is 5.92 Å². The van der Waals surface area contributed by atoms with E-state index in [1.165, 1.54) is 6.26 Å². The first kappa shape index (κ1) is 20.9. The summed E-state index contributed by atoms with van der Waals surface area (Å²) in [4.78, 5) is 16.1. The molecule has 4 aliphatic heterocycles. The van der Waals surface area contributed by atoms with E-state index in [1.54, 1.807) is 10.6 Å². The van der Waals surface area contributed by atoms with Gasteiger partial charge in [-0.3, -0.25) is 0 Å². The summed E-state index contributed by atoms with van der Waals surface area (Å²) in [6.45, 7) is 3.96. The Morgan fingerprint density at radius 1 is 1.29 bits per heavy atom. The van der Waals surface area contributed by atoms with Gasteiger partial charge in [-0.25, -0.2) is 27.7 Å². The lowest BCUT2D eigenvalue weighted by Crippen LogP contribution is -2.44. The minimum Gasteiger partial charge on any atom is -0.369 e. The van der Waals surface area contributed by atoms with Crippen molar-refractivity contribution in [1.29, 1.82) is 0 Å². The molecule has 5 rings (SSSR count). The Morgan fingerprint density at radius 2 is 2.13 bits per heavy atom. The molecule has 0 radical (unpaired) electrons. The fraction of sp³-hybridized carbons (Fsp3) is 0.571. The maximum Gasteiger partial charge on any atom is 0.211 e. The van der Waals surface area contributed by atoms with E-state index in [0.29, 0.717) is 24.8 Å². The predicted octanol–water partition coefficient (Wildman–Crippen LogP) is 1.96. The molecule has 5 heterocycles. The molecule has 166 valence electrons. The Balaban J connectivity index is 1.48. The van der Waals surface area contributed by atoms with Crippen LogP contribution in [0.1, 0.15) is 42.6 Å². The number of fused-ring (bicyclic) bond motifs is 2. The van der Waals surface area contributed by atoms with Gasteiger partial charge in [-0.05, 0) is 32.0 Å². The molecule has 1 saturated heterocycles. The quantitative estimate of drug-likeness (QED) is 0.738. The highest BCUT2D eigenvalue weighted by molar-refractivity contribution is 7.88. The van der Waals surface area contributed by atoms with Crippen LogP contribution in [0.2, 0.25) is 0 Å². The molecule has 1 fully saturated rings. The first-order valence-electron chi connectivity index (χ1n) is 10.7. The Bertz CT molecular complexity index is 1090. The molecule has 0 aromatic carbocycles. The molecule has 0 saturated carbocycles. The van der Waals surface area contributed by atoms with Gasteiger partial charge in [-0.2, -0.15) is 0 Å². The number of hydrogen-bond acceptors (Lipinski definition) is 7. The number of nitrogens with zero attached hydrogens (tertiary/aromatic N) is 5. The SMILES string of the molecule is C[C@@H]1Cc2ncnc(C3CCCN(S(C)(=O)=O)C3)c2CN1C1=CC(Cl)=N[C@@H]2NC=CC12. The van der Waals surface area contributed by atoms with Gasteiger partial charge in [-0.15, -0.1) is 0 Å². The number of rotatable bonds is 3. The molecular formula is C21H27ClN6O2S. The van der Waals surface area contributed by atoms with Gasteiger partial charge >= 0.3 is 0 Å². The second kappa shape index (κ2) is 7.86. The third-order valence-electron chi connectivity index (χ3n) is 6.77. The second-order valence-electron chi connectivity index (χ2n) is 8.84. The Hall–Kier alpha value is -1.97.